The number of carbonyl (C=O) groups is 1. The molecule has 1 amide bonds. The molecule has 0 aliphatic rings. The number of nitrogen functional groups attached to an aromatic ring is 1. The van der Waals surface area contributed by atoms with Crippen molar-refractivity contribution in [2.75, 3.05) is 11.1 Å². The molecule has 17 heavy (non-hydrogen) atoms. The molecule has 1 aromatic rings. The van der Waals surface area contributed by atoms with Gasteiger partial charge >= 0.3 is 0 Å². The summed E-state index contributed by atoms with van der Waals surface area (Å²) in [5.41, 5.74) is 6.14. The van der Waals surface area contributed by atoms with E-state index in [0.29, 0.717) is 29.8 Å². The van der Waals surface area contributed by atoms with Crippen LogP contribution in [0.2, 0.25) is 0 Å². The highest BCUT2D eigenvalue weighted by atomic mass is 35.5. The molecule has 0 spiro atoms. The number of nitrogens with zero attached hydrogens (tertiary/aromatic N) is 1. The Kier molecular flexibility index (Phi) is 6.58. The summed E-state index contributed by atoms with van der Waals surface area (Å²) in [6.45, 7) is 6.30. The van der Waals surface area contributed by atoms with Crippen LogP contribution in [0, 0.1) is 11.8 Å². The molecule has 0 saturated heterocycles. The standard InChI is InChI=1S/C12H19N3O.ClH/c1-8(2)9(3)6-12(16)15-10-4-5-11(13)14-7-10;/h4-5,7-9H,6H2,1-3H3,(H2,13,14)(H,15,16);1H. The predicted octanol–water partition coefficient (Wildman–Crippen LogP) is 2.71. The lowest BCUT2D eigenvalue weighted by atomic mass is 9.94. The summed E-state index contributed by atoms with van der Waals surface area (Å²) in [5.74, 6) is 1.36. The second-order valence-corrected chi connectivity index (χ2v) is 4.45. The zero-order valence-corrected chi connectivity index (χ0v) is 11.3. The van der Waals surface area contributed by atoms with Crippen LogP contribution in [0.5, 0.6) is 0 Å². The first-order chi connectivity index (χ1) is 7.49. The molecule has 0 bridgehead atoms. The maximum absolute atomic E-state index is 11.6. The number of anilines is 2. The zero-order valence-electron chi connectivity index (χ0n) is 10.4. The average molecular weight is 258 g/mol. The lowest BCUT2D eigenvalue weighted by Crippen LogP contribution is -2.17. The number of carbonyl (C=O) groups excluding carboxylic acids is 1. The smallest absolute Gasteiger partial charge is 0.224 e. The summed E-state index contributed by atoms with van der Waals surface area (Å²) in [5, 5.41) is 2.80. The number of pyridine rings is 1. The van der Waals surface area contributed by atoms with E-state index in [-0.39, 0.29) is 18.3 Å². The van der Waals surface area contributed by atoms with Crippen LogP contribution in [0.15, 0.2) is 18.3 Å². The van der Waals surface area contributed by atoms with E-state index in [1.807, 2.05) is 0 Å². The van der Waals surface area contributed by atoms with Gasteiger partial charge < -0.3 is 11.1 Å². The summed E-state index contributed by atoms with van der Waals surface area (Å²) in [7, 11) is 0. The maximum Gasteiger partial charge on any atom is 0.224 e. The average Bonchev–Trinajstić information content (AvgIpc) is 2.21. The van der Waals surface area contributed by atoms with Crippen LogP contribution in [0.25, 0.3) is 0 Å². The van der Waals surface area contributed by atoms with Gasteiger partial charge in [-0.2, -0.15) is 0 Å². The van der Waals surface area contributed by atoms with Crippen LogP contribution >= 0.6 is 12.4 Å². The third-order valence-corrected chi connectivity index (χ3v) is 2.72. The quantitative estimate of drug-likeness (QED) is 0.871. The lowest BCUT2D eigenvalue weighted by molar-refractivity contribution is -0.117. The van der Waals surface area contributed by atoms with Gasteiger partial charge in [0.05, 0.1) is 11.9 Å². The highest BCUT2D eigenvalue weighted by molar-refractivity contribution is 5.90. The Morgan fingerprint density at radius 2 is 2.06 bits per heavy atom. The van der Waals surface area contributed by atoms with Crippen molar-refractivity contribution < 1.29 is 4.79 Å². The number of nitrogens with one attached hydrogen (secondary N) is 1. The van der Waals surface area contributed by atoms with Crippen molar-refractivity contribution in [2.45, 2.75) is 27.2 Å². The van der Waals surface area contributed by atoms with E-state index >= 15 is 0 Å². The molecule has 96 valence electrons. The van der Waals surface area contributed by atoms with E-state index in [1.165, 1.54) is 0 Å². The Balaban J connectivity index is 0.00000256. The van der Waals surface area contributed by atoms with Crippen molar-refractivity contribution in [1.29, 1.82) is 0 Å². The minimum atomic E-state index is 0. The van der Waals surface area contributed by atoms with E-state index in [4.69, 9.17) is 5.73 Å². The number of nitrogens with two attached hydrogens (primary N) is 1. The SMILES string of the molecule is CC(C)C(C)CC(=O)Nc1ccc(N)nc1.Cl. The first-order valence-electron chi connectivity index (χ1n) is 5.50. The van der Waals surface area contributed by atoms with Gasteiger partial charge in [-0.15, -0.1) is 12.4 Å². The Hall–Kier alpha value is -1.29. The van der Waals surface area contributed by atoms with Crippen LogP contribution in [0.4, 0.5) is 11.5 Å². The van der Waals surface area contributed by atoms with Gasteiger partial charge in [-0.1, -0.05) is 20.8 Å². The first kappa shape index (κ1) is 15.7. The maximum atomic E-state index is 11.6. The summed E-state index contributed by atoms with van der Waals surface area (Å²) in [6.07, 6.45) is 2.09. The van der Waals surface area contributed by atoms with E-state index in [2.05, 4.69) is 31.1 Å². The number of hydrogen-bond donors (Lipinski definition) is 2. The number of hydrogen-bond acceptors (Lipinski definition) is 3. The summed E-state index contributed by atoms with van der Waals surface area (Å²) in [4.78, 5) is 15.6. The van der Waals surface area contributed by atoms with Gasteiger partial charge in [0, 0.05) is 6.42 Å². The van der Waals surface area contributed by atoms with Crippen LogP contribution in [0.1, 0.15) is 27.2 Å². The van der Waals surface area contributed by atoms with Gasteiger partial charge in [-0.25, -0.2) is 4.98 Å². The third kappa shape index (κ3) is 5.54. The molecule has 1 heterocycles. The Morgan fingerprint density at radius 1 is 1.41 bits per heavy atom. The van der Waals surface area contributed by atoms with Gasteiger partial charge in [0.1, 0.15) is 5.82 Å². The molecule has 3 N–H and O–H groups in total. The fraction of sp³-hybridized carbons (Fsp3) is 0.500. The van der Waals surface area contributed by atoms with Crippen LogP contribution in [-0.4, -0.2) is 10.9 Å². The lowest BCUT2D eigenvalue weighted by Gasteiger charge is -2.14. The molecule has 4 nitrogen and oxygen atoms in total. The van der Waals surface area contributed by atoms with Crippen LogP contribution in [-0.2, 0) is 4.79 Å². The predicted molar refractivity (Wildman–Crippen MR) is 73.1 cm³/mol. The molecule has 0 radical (unpaired) electrons. The molecule has 0 aromatic carbocycles. The molecule has 5 heteroatoms. The molecule has 0 aliphatic heterocycles. The van der Waals surface area contributed by atoms with Crippen LogP contribution in [0.3, 0.4) is 0 Å². The fourth-order valence-electron chi connectivity index (χ4n) is 1.22. The second kappa shape index (κ2) is 7.12. The van der Waals surface area contributed by atoms with Gasteiger partial charge in [0.15, 0.2) is 0 Å². The molecular weight excluding hydrogens is 238 g/mol. The van der Waals surface area contributed by atoms with Gasteiger partial charge in [-0.3, -0.25) is 4.79 Å². The van der Waals surface area contributed by atoms with E-state index in [9.17, 15) is 4.79 Å². The monoisotopic (exact) mass is 257 g/mol. The normalized spacial score (nSPS) is 11.8. The van der Waals surface area contributed by atoms with Gasteiger partial charge in [0.25, 0.3) is 0 Å². The molecule has 0 aliphatic carbocycles. The highest BCUT2D eigenvalue weighted by Crippen LogP contribution is 2.15. The van der Waals surface area contributed by atoms with Crippen molar-refractivity contribution in [1.82, 2.24) is 4.98 Å². The Bertz CT molecular complexity index is 351. The molecule has 0 fully saturated rings. The van der Waals surface area contributed by atoms with Crippen molar-refractivity contribution in [3.05, 3.63) is 18.3 Å². The fourth-order valence-corrected chi connectivity index (χ4v) is 1.22. The number of aromatic nitrogens is 1. The minimum Gasteiger partial charge on any atom is -0.384 e. The highest BCUT2D eigenvalue weighted by Gasteiger charge is 2.12. The van der Waals surface area contributed by atoms with E-state index < -0.39 is 0 Å². The van der Waals surface area contributed by atoms with Crippen molar-refractivity contribution >= 4 is 29.8 Å². The molecule has 1 atom stereocenters. The van der Waals surface area contributed by atoms with E-state index in [1.54, 1.807) is 18.3 Å². The van der Waals surface area contributed by atoms with E-state index in [0.717, 1.165) is 0 Å². The Labute approximate surface area is 108 Å². The summed E-state index contributed by atoms with van der Waals surface area (Å²) < 4.78 is 0. The van der Waals surface area contributed by atoms with Crippen molar-refractivity contribution in [3.8, 4) is 0 Å². The molecule has 1 aromatic heterocycles. The summed E-state index contributed by atoms with van der Waals surface area (Å²) >= 11 is 0. The summed E-state index contributed by atoms with van der Waals surface area (Å²) in [6, 6.07) is 3.42. The third-order valence-electron chi connectivity index (χ3n) is 2.72. The van der Waals surface area contributed by atoms with Gasteiger partial charge in [-0.05, 0) is 24.0 Å². The Morgan fingerprint density at radius 3 is 2.53 bits per heavy atom. The minimum absolute atomic E-state index is 0. The van der Waals surface area contributed by atoms with Crippen molar-refractivity contribution in [2.24, 2.45) is 11.8 Å². The van der Waals surface area contributed by atoms with Crippen LogP contribution < -0.4 is 11.1 Å². The second-order valence-electron chi connectivity index (χ2n) is 4.45. The first-order valence-corrected chi connectivity index (χ1v) is 5.50. The topological polar surface area (TPSA) is 68.0 Å². The van der Waals surface area contributed by atoms with Gasteiger partial charge in [0.2, 0.25) is 5.91 Å². The molecule has 0 saturated carbocycles. The molecule has 1 unspecified atom stereocenters. The number of rotatable bonds is 4. The largest absolute Gasteiger partial charge is 0.384 e. The number of halogens is 1. The number of amides is 1. The molecule has 1 rings (SSSR count). The molecular formula is C12H20ClN3O. The zero-order chi connectivity index (χ0) is 12.1. The van der Waals surface area contributed by atoms with Crippen molar-refractivity contribution in [3.63, 3.8) is 0 Å².